The summed E-state index contributed by atoms with van der Waals surface area (Å²) < 4.78 is 1.69. The Kier molecular flexibility index (Phi) is 3.23. The standard InChI is InChI=1S/C13H13N7O2/c14-2-1-13(5-16-6-13)20-4-8(3-19-20)10-9(12(21)22)11(15)18-7-17-10/h3-4,7,16H,1,5-6H2,(H,21,22)(H2,15,17,18). The first kappa shape index (κ1) is 14.0. The van der Waals surface area contributed by atoms with Crippen molar-refractivity contribution in [2.75, 3.05) is 18.8 Å². The molecular weight excluding hydrogens is 286 g/mol. The molecule has 22 heavy (non-hydrogen) atoms. The summed E-state index contributed by atoms with van der Waals surface area (Å²) in [6.07, 6.45) is 4.74. The molecule has 2 aromatic heterocycles. The quantitative estimate of drug-likeness (QED) is 0.706. The second kappa shape index (κ2) is 5.09. The minimum atomic E-state index is -1.20. The van der Waals surface area contributed by atoms with Gasteiger partial charge in [0.25, 0.3) is 0 Å². The molecule has 9 nitrogen and oxygen atoms in total. The van der Waals surface area contributed by atoms with Crippen LogP contribution in [0.5, 0.6) is 0 Å². The van der Waals surface area contributed by atoms with Gasteiger partial charge in [0.05, 0.1) is 24.4 Å². The summed E-state index contributed by atoms with van der Waals surface area (Å²) in [4.78, 5) is 19.1. The van der Waals surface area contributed by atoms with Crippen molar-refractivity contribution in [1.29, 1.82) is 5.26 Å². The molecule has 0 radical (unpaired) electrons. The van der Waals surface area contributed by atoms with Crippen molar-refractivity contribution in [1.82, 2.24) is 25.1 Å². The first-order valence-corrected chi connectivity index (χ1v) is 6.54. The predicted octanol–water partition coefficient (Wildman–Crippen LogP) is -0.167. The van der Waals surface area contributed by atoms with E-state index in [0.717, 1.165) is 0 Å². The lowest BCUT2D eigenvalue weighted by atomic mass is 9.89. The van der Waals surface area contributed by atoms with E-state index in [2.05, 4.69) is 26.5 Å². The van der Waals surface area contributed by atoms with Gasteiger partial charge in [-0.1, -0.05) is 0 Å². The number of nitrogen functional groups attached to an aromatic ring is 1. The third-order valence-corrected chi connectivity index (χ3v) is 3.75. The van der Waals surface area contributed by atoms with Gasteiger partial charge in [-0.3, -0.25) is 4.68 Å². The average molecular weight is 299 g/mol. The summed E-state index contributed by atoms with van der Waals surface area (Å²) in [5.41, 5.74) is 5.82. The van der Waals surface area contributed by atoms with Crippen molar-refractivity contribution < 1.29 is 9.90 Å². The number of carboxylic acid groups (broad SMARTS) is 1. The monoisotopic (exact) mass is 299 g/mol. The predicted molar refractivity (Wildman–Crippen MR) is 75.7 cm³/mol. The Morgan fingerprint density at radius 3 is 2.91 bits per heavy atom. The van der Waals surface area contributed by atoms with E-state index in [1.807, 2.05) is 0 Å². The molecule has 0 spiro atoms. The van der Waals surface area contributed by atoms with Crippen molar-refractivity contribution in [2.24, 2.45) is 0 Å². The topological polar surface area (TPSA) is 143 Å². The van der Waals surface area contributed by atoms with Gasteiger partial charge in [0.15, 0.2) is 0 Å². The zero-order valence-corrected chi connectivity index (χ0v) is 11.5. The molecule has 0 aromatic carbocycles. The zero-order chi connectivity index (χ0) is 15.7. The number of anilines is 1. The molecule has 0 atom stereocenters. The molecule has 0 amide bonds. The molecule has 0 aliphatic carbocycles. The maximum Gasteiger partial charge on any atom is 0.341 e. The number of rotatable bonds is 4. The maximum absolute atomic E-state index is 11.3. The van der Waals surface area contributed by atoms with Crippen molar-refractivity contribution >= 4 is 11.8 Å². The van der Waals surface area contributed by atoms with Crippen LogP contribution in [0.4, 0.5) is 5.82 Å². The number of carbonyl (C=O) groups is 1. The Morgan fingerprint density at radius 2 is 2.32 bits per heavy atom. The summed E-state index contributed by atoms with van der Waals surface area (Å²) >= 11 is 0. The summed E-state index contributed by atoms with van der Waals surface area (Å²) in [6, 6.07) is 2.16. The van der Waals surface area contributed by atoms with E-state index in [4.69, 9.17) is 11.0 Å². The van der Waals surface area contributed by atoms with E-state index in [1.165, 1.54) is 12.5 Å². The van der Waals surface area contributed by atoms with Crippen molar-refractivity contribution in [3.63, 3.8) is 0 Å². The lowest BCUT2D eigenvalue weighted by molar-refractivity contribution is 0.0698. The largest absolute Gasteiger partial charge is 0.477 e. The Balaban J connectivity index is 2.04. The van der Waals surface area contributed by atoms with Gasteiger partial charge in [0.1, 0.15) is 23.2 Å². The molecule has 4 N–H and O–H groups in total. The number of nitrogens with zero attached hydrogens (tertiary/aromatic N) is 5. The van der Waals surface area contributed by atoms with Crippen LogP contribution in [0.25, 0.3) is 11.3 Å². The fraction of sp³-hybridized carbons (Fsp3) is 0.308. The van der Waals surface area contributed by atoms with Crippen LogP contribution in [-0.2, 0) is 5.54 Å². The van der Waals surface area contributed by atoms with E-state index >= 15 is 0 Å². The number of aromatic nitrogens is 4. The molecule has 0 unspecified atom stereocenters. The SMILES string of the molecule is N#CCC1(n2cc(-c3ncnc(N)c3C(=O)O)cn2)CNC1. The minimum absolute atomic E-state index is 0.0951. The number of hydrogen-bond donors (Lipinski definition) is 3. The second-order valence-electron chi connectivity index (χ2n) is 5.12. The summed E-state index contributed by atoms with van der Waals surface area (Å²) in [5.74, 6) is -1.29. The molecule has 0 bridgehead atoms. The highest BCUT2D eigenvalue weighted by Crippen LogP contribution is 2.29. The molecule has 1 saturated heterocycles. The lowest BCUT2D eigenvalue weighted by Gasteiger charge is -2.41. The van der Waals surface area contributed by atoms with Gasteiger partial charge >= 0.3 is 5.97 Å². The fourth-order valence-electron chi connectivity index (χ4n) is 2.46. The molecule has 1 aliphatic heterocycles. The molecule has 9 heteroatoms. The molecule has 1 aliphatic rings. The average Bonchev–Trinajstić information content (AvgIpc) is 2.91. The molecule has 0 saturated carbocycles. The van der Waals surface area contributed by atoms with Crippen molar-refractivity contribution in [3.05, 3.63) is 24.3 Å². The lowest BCUT2D eigenvalue weighted by Crippen LogP contribution is -2.60. The van der Waals surface area contributed by atoms with Gasteiger partial charge in [-0.2, -0.15) is 10.4 Å². The highest BCUT2D eigenvalue weighted by atomic mass is 16.4. The van der Waals surface area contributed by atoms with Crippen LogP contribution >= 0.6 is 0 Å². The van der Waals surface area contributed by atoms with Gasteiger partial charge in [-0.15, -0.1) is 0 Å². The molecule has 2 aromatic rings. The highest BCUT2D eigenvalue weighted by molar-refractivity contribution is 5.98. The van der Waals surface area contributed by atoms with Crippen LogP contribution in [0.15, 0.2) is 18.7 Å². The summed E-state index contributed by atoms with van der Waals surface area (Å²) in [5, 5.41) is 25.6. The minimum Gasteiger partial charge on any atom is -0.477 e. The molecule has 1 fully saturated rings. The summed E-state index contributed by atoms with van der Waals surface area (Å²) in [7, 11) is 0. The van der Waals surface area contributed by atoms with Gasteiger partial charge in [0.2, 0.25) is 0 Å². The number of nitrogens with two attached hydrogens (primary N) is 1. The van der Waals surface area contributed by atoms with Crippen LogP contribution in [0, 0.1) is 11.3 Å². The van der Waals surface area contributed by atoms with E-state index in [9.17, 15) is 9.90 Å². The van der Waals surface area contributed by atoms with Crippen LogP contribution in [0.2, 0.25) is 0 Å². The number of carboxylic acids is 1. The Hall–Kier alpha value is -2.99. The van der Waals surface area contributed by atoms with Crippen LogP contribution in [0.1, 0.15) is 16.8 Å². The van der Waals surface area contributed by atoms with Gasteiger partial charge in [0, 0.05) is 24.8 Å². The zero-order valence-electron chi connectivity index (χ0n) is 11.5. The normalized spacial score (nSPS) is 15.8. The molecular formula is C13H13N7O2. The Bertz CT molecular complexity index is 773. The molecule has 3 heterocycles. The van der Waals surface area contributed by atoms with Crippen LogP contribution in [0.3, 0.4) is 0 Å². The third kappa shape index (κ3) is 2.06. The van der Waals surface area contributed by atoms with E-state index in [0.29, 0.717) is 25.1 Å². The van der Waals surface area contributed by atoms with E-state index in [-0.39, 0.29) is 17.1 Å². The van der Waals surface area contributed by atoms with Crippen LogP contribution in [-0.4, -0.2) is 43.9 Å². The number of hydrogen-bond acceptors (Lipinski definition) is 7. The highest BCUT2D eigenvalue weighted by Gasteiger charge is 2.39. The molecule has 3 rings (SSSR count). The first-order valence-electron chi connectivity index (χ1n) is 6.54. The van der Waals surface area contributed by atoms with Gasteiger partial charge < -0.3 is 16.2 Å². The number of aromatic carboxylic acids is 1. The molecule has 112 valence electrons. The third-order valence-electron chi connectivity index (χ3n) is 3.75. The van der Waals surface area contributed by atoms with Crippen LogP contribution < -0.4 is 11.1 Å². The smallest absolute Gasteiger partial charge is 0.341 e. The Morgan fingerprint density at radius 1 is 1.55 bits per heavy atom. The maximum atomic E-state index is 11.3. The van der Waals surface area contributed by atoms with Gasteiger partial charge in [-0.25, -0.2) is 14.8 Å². The number of nitrogens with one attached hydrogen (secondary N) is 1. The van der Waals surface area contributed by atoms with Gasteiger partial charge in [-0.05, 0) is 0 Å². The van der Waals surface area contributed by atoms with Crippen molar-refractivity contribution in [2.45, 2.75) is 12.0 Å². The van der Waals surface area contributed by atoms with Crippen molar-refractivity contribution in [3.8, 4) is 17.3 Å². The Labute approximate surface area is 125 Å². The fourth-order valence-corrected chi connectivity index (χ4v) is 2.46. The van der Waals surface area contributed by atoms with E-state index in [1.54, 1.807) is 10.9 Å². The van der Waals surface area contributed by atoms with E-state index < -0.39 is 11.5 Å². The second-order valence-corrected chi connectivity index (χ2v) is 5.12. The first-order chi connectivity index (χ1) is 10.6. The number of nitriles is 1. The summed E-state index contributed by atoms with van der Waals surface area (Å²) in [6.45, 7) is 1.28.